The highest BCUT2D eigenvalue weighted by atomic mass is 15.0. The number of fused-ring (bicyclic) bond motifs is 8. The maximum atomic E-state index is 5.29. The van der Waals surface area contributed by atoms with Gasteiger partial charge in [0.05, 0.1) is 44.5 Å². The summed E-state index contributed by atoms with van der Waals surface area (Å²) in [6.07, 6.45) is 0. The molecule has 0 atom stereocenters. The summed E-state index contributed by atoms with van der Waals surface area (Å²) in [7, 11) is 0. The van der Waals surface area contributed by atoms with Gasteiger partial charge in [-0.25, -0.2) is 9.97 Å². The molecular formula is C56H36N4. The zero-order valence-corrected chi connectivity index (χ0v) is 32.6. The van der Waals surface area contributed by atoms with Crippen molar-refractivity contribution in [1.29, 1.82) is 0 Å². The van der Waals surface area contributed by atoms with Gasteiger partial charge >= 0.3 is 0 Å². The molecule has 0 radical (unpaired) electrons. The molecule has 4 heteroatoms. The fourth-order valence-corrected chi connectivity index (χ4v) is 9.12. The van der Waals surface area contributed by atoms with Gasteiger partial charge in [0.1, 0.15) is 0 Å². The molecule has 0 unspecified atom stereocenters. The van der Waals surface area contributed by atoms with Crippen molar-refractivity contribution in [3.63, 3.8) is 0 Å². The van der Waals surface area contributed by atoms with E-state index < -0.39 is 0 Å². The molecule has 0 saturated heterocycles. The minimum atomic E-state index is 0.855. The maximum Gasteiger partial charge on any atom is 0.0973 e. The first-order valence-corrected chi connectivity index (χ1v) is 20.4. The van der Waals surface area contributed by atoms with Crippen molar-refractivity contribution < 1.29 is 0 Å². The molecule has 0 aliphatic carbocycles. The molecule has 0 spiro atoms. The second-order valence-electron chi connectivity index (χ2n) is 15.4. The first-order valence-electron chi connectivity index (χ1n) is 20.4. The largest absolute Gasteiger partial charge is 0.307 e. The summed E-state index contributed by atoms with van der Waals surface area (Å²) >= 11 is 0. The first kappa shape index (κ1) is 34.0. The van der Waals surface area contributed by atoms with Gasteiger partial charge in [-0.1, -0.05) is 170 Å². The molecular weight excluding hydrogens is 729 g/mol. The van der Waals surface area contributed by atoms with Crippen molar-refractivity contribution in [2.75, 3.05) is 0 Å². The Hall–Kier alpha value is -8.08. The van der Waals surface area contributed by atoms with Crippen LogP contribution in [0, 0.1) is 0 Å². The monoisotopic (exact) mass is 764 g/mol. The van der Waals surface area contributed by atoms with Gasteiger partial charge in [0, 0.05) is 44.0 Å². The Morgan fingerprint density at radius 3 is 1.40 bits per heavy atom. The maximum absolute atomic E-state index is 5.29. The normalized spacial score (nSPS) is 11.7. The molecule has 12 aromatic rings. The fraction of sp³-hybridized carbons (Fsp3) is 0. The average molecular weight is 765 g/mol. The van der Waals surface area contributed by atoms with Crippen molar-refractivity contribution in [3.05, 3.63) is 218 Å². The molecule has 0 amide bonds. The lowest BCUT2D eigenvalue weighted by Gasteiger charge is -2.15. The van der Waals surface area contributed by atoms with E-state index in [1.54, 1.807) is 0 Å². The zero-order chi connectivity index (χ0) is 39.6. The van der Waals surface area contributed by atoms with Gasteiger partial charge in [0.25, 0.3) is 0 Å². The lowest BCUT2D eigenvalue weighted by molar-refractivity contribution is 1.15. The standard InChI is InChI=1S/C56H36N4/c1-4-15-37(16-5-1)39-27-30-43(31-28-39)59-52-36-41(38-17-6-2-7-18-38)29-32-46(52)48-34-33-47-45-23-10-13-26-51(45)60(56(47)55(48)59)44-22-14-21-42(35-44)54-53(40-19-8-3-9-20-40)57-49-24-11-12-25-50(49)58-54/h1-36H. The number of aromatic nitrogens is 4. The van der Waals surface area contributed by atoms with E-state index in [4.69, 9.17) is 9.97 Å². The van der Waals surface area contributed by atoms with Gasteiger partial charge in [-0.2, -0.15) is 0 Å². The van der Waals surface area contributed by atoms with Crippen LogP contribution in [0.2, 0.25) is 0 Å². The lowest BCUT2D eigenvalue weighted by Crippen LogP contribution is -2.00. The number of hydrogen-bond acceptors (Lipinski definition) is 2. The number of hydrogen-bond donors (Lipinski definition) is 0. The minimum Gasteiger partial charge on any atom is -0.307 e. The molecule has 9 aromatic carbocycles. The van der Waals surface area contributed by atoms with Gasteiger partial charge in [-0.3, -0.25) is 0 Å². The summed E-state index contributed by atoms with van der Waals surface area (Å²) in [4.78, 5) is 10.5. The summed E-state index contributed by atoms with van der Waals surface area (Å²) < 4.78 is 4.94. The Balaban J connectivity index is 1.16. The van der Waals surface area contributed by atoms with Crippen LogP contribution in [0.15, 0.2) is 218 Å². The molecule has 0 N–H and O–H groups in total. The number of nitrogens with zero attached hydrogens (tertiary/aromatic N) is 4. The quantitative estimate of drug-likeness (QED) is 0.169. The summed E-state index contributed by atoms with van der Waals surface area (Å²) in [5.41, 5.74) is 17.1. The van der Waals surface area contributed by atoms with Crippen molar-refractivity contribution >= 4 is 54.6 Å². The van der Waals surface area contributed by atoms with E-state index in [0.29, 0.717) is 0 Å². The third-order valence-corrected chi connectivity index (χ3v) is 11.9. The lowest BCUT2D eigenvalue weighted by atomic mass is 10.0. The summed E-state index contributed by atoms with van der Waals surface area (Å²) in [5.74, 6) is 0. The third kappa shape index (κ3) is 5.46. The molecule has 0 saturated carbocycles. The molecule has 0 bridgehead atoms. The van der Waals surface area contributed by atoms with E-state index in [1.807, 2.05) is 30.3 Å². The summed E-state index contributed by atoms with van der Waals surface area (Å²) in [5, 5.41) is 4.82. The highest BCUT2D eigenvalue weighted by molar-refractivity contribution is 6.24. The van der Waals surface area contributed by atoms with E-state index >= 15 is 0 Å². The van der Waals surface area contributed by atoms with Crippen molar-refractivity contribution in [3.8, 4) is 56.1 Å². The van der Waals surface area contributed by atoms with E-state index in [-0.39, 0.29) is 0 Å². The molecule has 0 aliphatic heterocycles. The molecule has 60 heavy (non-hydrogen) atoms. The first-order chi connectivity index (χ1) is 29.8. The van der Waals surface area contributed by atoms with Crippen molar-refractivity contribution in [2.24, 2.45) is 0 Å². The zero-order valence-electron chi connectivity index (χ0n) is 32.6. The molecule has 4 nitrogen and oxygen atoms in total. The van der Waals surface area contributed by atoms with E-state index in [0.717, 1.165) is 67.0 Å². The van der Waals surface area contributed by atoms with Gasteiger partial charge in [-0.15, -0.1) is 0 Å². The smallest absolute Gasteiger partial charge is 0.0973 e. The Bertz CT molecular complexity index is 3570. The van der Waals surface area contributed by atoms with E-state index in [9.17, 15) is 0 Å². The van der Waals surface area contributed by atoms with Crippen LogP contribution in [0.1, 0.15) is 0 Å². The highest BCUT2D eigenvalue weighted by Crippen LogP contribution is 2.43. The Labute approximate surface area is 346 Å². The number of para-hydroxylation sites is 3. The van der Waals surface area contributed by atoms with Crippen LogP contribution < -0.4 is 0 Å². The van der Waals surface area contributed by atoms with E-state index in [2.05, 4.69) is 197 Å². The van der Waals surface area contributed by atoms with Gasteiger partial charge < -0.3 is 9.13 Å². The summed E-state index contributed by atoms with van der Waals surface area (Å²) in [6.45, 7) is 0. The number of rotatable bonds is 6. The highest BCUT2D eigenvalue weighted by Gasteiger charge is 2.23. The Morgan fingerprint density at radius 2 is 0.733 bits per heavy atom. The SMILES string of the molecule is c1ccc(-c2ccc(-n3c4cc(-c5ccccc5)ccc4c4ccc5c6ccccc6n(-c6cccc(-c7nc8ccccc8nc7-c7ccccc7)c6)c5c43)cc2)cc1. The topological polar surface area (TPSA) is 35.6 Å². The molecule has 12 rings (SSSR count). The second kappa shape index (κ2) is 13.8. The van der Waals surface area contributed by atoms with Crippen LogP contribution in [0.25, 0.3) is 111 Å². The van der Waals surface area contributed by atoms with Gasteiger partial charge in [-0.05, 0) is 70.8 Å². The second-order valence-corrected chi connectivity index (χ2v) is 15.4. The molecule has 3 heterocycles. The Morgan fingerprint density at radius 1 is 0.267 bits per heavy atom. The third-order valence-electron chi connectivity index (χ3n) is 11.9. The molecule has 0 aliphatic rings. The summed E-state index contributed by atoms with van der Waals surface area (Å²) in [6, 6.07) is 78.0. The molecule has 0 fully saturated rings. The predicted molar refractivity (Wildman–Crippen MR) is 250 cm³/mol. The van der Waals surface area contributed by atoms with Crippen LogP contribution in [-0.4, -0.2) is 19.1 Å². The fourth-order valence-electron chi connectivity index (χ4n) is 9.12. The average Bonchev–Trinajstić information content (AvgIpc) is 3.85. The van der Waals surface area contributed by atoms with Crippen LogP contribution in [-0.2, 0) is 0 Å². The van der Waals surface area contributed by atoms with Gasteiger partial charge in [0.15, 0.2) is 0 Å². The number of benzene rings is 9. The van der Waals surface area contributed by atoms with Crippen molar-refractivity contribution in [1.82, 2.24) is 19.1 Å². The molecule has 280 valence electrons. The van der Waals surface area contributed by atoms with Crippen molar-refractivity contribution in [2.45, 2.75) is 0 Å². The van der Waals surface area contributed by atoms with E-state index in [1.165, 1.54) is 43.8 Å². The van der Waals surface area contributed by atoms with Crippen LogP contribution in [0.5, 0.6) is 0 Å². The van der Waals surface area contributed by atoms with Crippen LogP contribution >= 0.6 is 0 Å². The predicted octanol–water partition coefficient (Wildman–Crippen LogP) is 14.5. The van der Waals surface area contributed by atoms with Crippen LogP contribution in [0.4, 0.5) is 0 Å². The van der Waals surface area contributed by atoms with Crippen LogP contribution in [0.3, 0.4) is 0 Å². The minimum absolute atomic E-state index is 0.855. The molecule has 3 aromatic heterocycles. The van der Waals surface area contributed by atoms with Gasteiger partial charge in [0.2, 0.25) is 0 Å². The Kier molecular flexibility index (Phi) is 7.82.